The van der Waals surface area contributed by atoms with Crippen LogP contribution in [0.5, 0.6) is 0 Å². The Labute approximate surface area is 89.7 Å². The number of nitrogens with zero attached hydrogens (tertiary/aromatic N) is 2. The number of hydrogen-bond acceptors (Lipinski definition) is 4. The van der Waals surface area contributed by atoms with Crippen molar-refractivity contribution in [3.05, 3.63) is 23.8 Å². The normalized spacial score (nSPS) is 12.5. The molecule has 0 saturated heterocycles. The molecule has 1 aromatic heterocycles. The van der Waals surface area contributed by atoms with Crippen LogP contribution in [-0.4, -0.2) is 29.5 Å². The highest BCUT2D eigenvalue weighted by Crippen LogP contribution is 2.08. The average Bonchev–Trinajstić information content (AvgIpc) is 2.26. The first kappa shape index (κ1) is 11.8. The van der Waals surface area contributed by atoms with Crippen molar-refractivity contribution in [3.8, 4) is 0 Å². The van der Waals surface area contributed by atoms with Crippen molar-refractivity contribution in [1.29, 1.82) is 0 Å². The predicted molar refractivity (Wildman–Crippen MR) is 56.8 cm³/mol. The summed E-state index contributed by atoms with van der Waals surface area (Å²) in [5.41, 5.74) is 0.955. The van der Waals surface area contributed by atoms with Crippen LogP contribution in [0.1, 0.15) is 29.5 Å². The standard InChI is InChI=1S/C11H16N2O2/c1-8-6-12-11(13-7-8)10(14)9(2)4-5-15-3/h6-7,9H,4-5H2,1-3H3. The lowest BCUT2D eigenvalue weighted by molar-refractivity contribution is 0.0883. The minimum Gasteiger partial charge on any atom is -0.385 e. The van der Waals surface area contributed by atoms with Gasteiger partial charge in [0.25, 0.3) is 0 Å². The number of hydrogen-bond donors (Lipinski definition) is 0. The monoisotopic (exact) mass is 208 g/mol. The number of aryl methyl sites for hydroxylation is 1. The van der Waals surface area contributed by atoms with Crippen LogP contribution in [0.25, 0.3) is 0 Å². The van der Waals surface area contributed by atoms with E-state index >= 15 is 0 Å². The molecule has 1 heterocycles. The van der Waals surface area contributed by atoms with Gasteiger partial charge in [0, 0.05) is 32.0 Å². The Morgan fingerprint density at radius 3 is 2.60 bits per heavy atom. The van der Waals surface area contributed by atoms with Crippen LogP contribution in [0.3, 0.4) is 0 Å². The van der Waals surface area contributed by atoms with E-state index in [4.69, 9.17) is 4.74 Å². The fourth-order valence-electron chi connectivity index (χ4n) is 1.17. The first-order valence-electron chi connectivity index (χ1n) is 4.97. The molecule has 0 radical (unpaired) electrons. The summed E-state index contributed by atoms with van der Waals surface area (Å²) in [7, 11) is 1.62. The van der Waals surface area contributed by atoms with E-state index < -0.39 is 0 Å². The molecule has 15 heavy (non-hydrogen) atoms. The van der Waals surface area contributed by atoms with Gasteiger partial charge in [-0.15, -0.1) is 0 Å². The van der Waals surface area contributed by atoms with E-state index in [1.54, 1.807) is 19.5 Å². The fourth-order valence-corrected chi connectivity index (χ4v) is 1.17. The van der Waals surface area contributed by atoms with Crippen LogP contribution in [0.2, 0.25) is 0 Å². The molecular weight excluding hydrogens is 192 g/mol. The largest absolute Gasteiger partial charge is 0.385 e. The van der Waals surface area contributed by atoms with Crippen molar-refractivity contribution in [2.45, 2.75) is 20.3 Å². The van der Waals surface area contributed by atoms with Crippen LogP contribution in [0, 0.1) is 12.8 Å². The van der Waals surface area contributed by atoms with Gasteiger partial charge in [-0.2, -0.15) is 0 Å². The quantitative estimate of drug-likeness (QED) is 0.690. The lowest BCUT2D eigenvalue weighted by Crippen LogP contribution is -2.16. The molecular formula is C11H16N2O2. The molecule has 0 bridgehead atoms. The molecule has 0 fully saturated rings. The van der Waals surface area contributed by atoms with Gasteiger partial charge in [0.05, 0.1) is 0 Å². The third-order valence-electron chi connectivity index (χ3n) is 2.20. The van der Waals surface area contributed by atoms with E-state index in [0.29, 0.717) is 18.9 Å². The summed E-state index contributed by atoms with van der Waals surface area (Å²) in [5.74, 6) is 0.184. The molecule has 0 N–H and O–H groups in total. The molecule has 1 unspecified atom stereocenters. The lowest BCUT2D eigenvalue weighted by atomic mass is 10.0. The smallest absolute Gasteiger partial charge is 0.202 e. The minimum atomic E-state index is -0.0901. The molecule has 1 rings (SSSR count). The van der Waals surface area contributed by atoms with Crippen molar-refractivity contribution < 1.29 is 9.53 Å². The Hall–Kier alpha value is -1.29. The van der Waals surface area contributed by atoms with Gasteiger partial charge in [-0.25, -0.2) is 9.97 Å². The number of carbonyl (C=O) groups is 1. The second-order valence-corrected chi connectivity index (χ2v) is 3.63. The molecule has 0 aliphatic carbocycles. The summed E-state index contributed by atoms with van der Waals surface area (Å²) >= 11 is 0. The van der Waals surface area contributed by atoms with E-state index in [1.165, 1.54) is 0 Å². The summed E-state index contributed by atoms with van der Waals surface area (Å²) in [6.07, 6.45) is 4.01. The van der Waals surface area contributed by atoms with Crippen LogP contribution in [0.4, 0.5) is 0 Å². The first-order chi connectivity index (χ1) is 7.15. The van der Waals surface area contributed by atoms with E-state index in [2.05, 4.69) is 9.97 Å². The summed E-state index contributed by atoms with van der Waals surface area (Å²) in [5, 5.41) is 0. The van der Waals surface area contributed by atoms with Gasteiger partial charge in [-0.3, -0.25) is 4.79 Å². The van der Waals surface area contributed by atoms with E-state index in [1.807, 2.05) is 13.8 Å². The summed E-state index contributed by atoms with van der Waals surface area (Å²) in [4.78, 5) is 19.8. The second-order valence-electron chi connectivity index (χ2n) is 3.63. The highest BCUT2D eigenvalue weighted by molar-refractivity contribution is 5.94. The number of ether oxygens (including phenoxy) is 1. The predicted octanol–water partition coefficient (Wildman–Crippen LogP) is 1.64. The lowest BCUT2D eigenvalue weighted by Gasteiger charge is -2.08. The Kier molecular flexibility index (Phi) is 4.37. The highest BCUT2D eigenvalue weighted by atomic mass is 16.5. The second kappa shape index (κ2) is 5.56. The Morgan fingerprint density at radius 2 is 2.07 bits per heavy atom. The fraction of sp³-hybridized carbons (Fsp3) is 0.545. The summed E-state index contributed by atoms with van der Waals surface area (Å²) < 4.78 is 4.92. The third-order valence-corrected chi connectivity index (χ3v) is 2.20. The molecule has 0 aliphatic heterocycles. The van der Waals surface area contributed by atoms with Crippen molar-refractivity contribution >= 4 is 5.78 Å². The van der Waals surface area contributed by atoms with E-state index in [9.17, 15) is 4.79 Å². The molecule has 0 amide bonds. The van der Waals surface area contributed by atoms with Crippen LogP contribution in [0.15, 0.2) is 12.4 Å². The molecule has 0 saturated carbocycles. The molecule has 0 aromatic carbocycles. The number of methoxy groups -OCH3 is 1. The van der Waals surface area contributed by atoms with Gasteiger partial charge in [0.2, 0.25) is 5.78 Å². The van der Waals surface area contributed by atoms with Crippen molar-refractivity contribution in [1.82, 2.24) is 9.97 Å². The summed E-state index contributed by atoms with van der Waals surface area (Å²) in [6, 6.07) is 0. The number of carbonyl (C=O) groups excluding carboxylic acids is 1. The number of aromatic nitrogens is 2. The Balaban J connectivity index is 2.63. The Bertz CT molecular complexity index is 322. The average molecular weight is 208 g/mol. The maximum absolute atomic E-state index is 11.8. The molecule has 4 heteroatoms. The van der Waals surface area contributed by atoms with Crippen molar-refractivity contribution in [2.24, 2.45) is 5.92 Å². The van der Waals surface area contributed by atoms with E-state index in [-0.39, 0.29) is 11.7 Å². The van der Waals surface area contributed by atoms with Crippen LogP contribution < -0.4 is 0 Å². The zero-order valence-electron chi connectivity index (χ0n) is 9.36. The minimum absolute atomic E-state index is 0.0212. The SMILES string of the molecule is COCCC(C)C(=O)c1ncc(C)cn1. The Morgan fingerprint density at radius 1 is 1.47 bits per heavy atom. The maximum atomic E-state index is 11.8. The van der Waals surface area contributed by atoms with Crippen molar-refractivity contribution in [3.63, 3.8) is 0 Å². The highest BCUT2D eigenvalue weighted by Gasteiger charge is 2.17. The van der Waals surface area contributed by atoms with Gasteiger partial charge in [-0.1, -0.05) is 6.92 Å². The van der Waals surface area contributed by atoms with Gasteiger partial charge in [0.15, 0.2) is 5.82 Å². The third kappa shape index (κ3) is 3.40. The van der Waals surface area contributed by atoms with Crippen LogP contribution >= 0.6 is 0 Å². The van der Waals surface area contributed by atoms with E-state index in [0.717, 1.165) is 5.56 Å². The molecule has 0 aliphatic rings. The summed E-state index contributed by atoms with van der Waals surface area (Å²) in [6.45, 7) is 4.34. The van der Waals surface area contributed by atoms with Gasteiger partial charge >= 0.3 is 0 Å². The molecule has 82 valence electrons. The number of Topliss-reactive ketones (excluding diaryl/α,β-unsaturated/α-hetero) is 1. The molecule has 4 nitrogen and oxygen atoms in total. The van der Waals surface area contributed by atoms with Crippen LogP contribution in [-0.2, 0) is 4.74 Å². The zero-order chi connectivity index (χ0) is 11.3. The topological polar surface area (TPSA) is 52.1 Å². The first-order valence-corrected chi connectivity index (χ1v) is 4.97. The molecule has 1 atom stereocenters. The molecule has 1 aromatic rings. The van der Waals surface area contributed by atoms with Gasteiger partial charge in [-0.05, 0) is 18.9 Å². The maximum Gasteiger partial charge on any atom is 0.202 e. The van der Waals surface area contributed by atoms with Gasteiger partial charge in [0.1, 0.15) is 0 Å². The van der Waals surface area contributed by atoms with Gasteiger partial charge < -0.3 is 4.74 Å². The molecule has 0 spiro atoms. The zero-order valence-corrected chi connectivity index (χ0v) is 9.36. The van der Waals surface area contributed by atoms with Crippen molar-refractivity contribution in [2.75, 3.05) is 13.7 Å². The number of ketones is 1. The number of rotatable bonds is 5.